The van der Waals surface area contributed by atoms with Crippen LogP contribution < -0.4 is 19.5 Å². The second-order valence-electron chi connectivity index (χ2n) is 8.06. The number of nitrogens with zero attached hydrogens (tertiary/aromatic N) is 4. The summed E-state index contributed by atoms with van der Waals surface area (Å²) in [4.78, 5) is 16.1. The van der Waals surface area contributed by atoms with Crippen LogP contribution in [0.4, 0.5) is 11.6 Å². The van der Waals surface area contributed by atoms with E-state index in [9.17, 15) is 0 Å². The molecule has 3 aromatic rings. The zero-order valence-electron chi connectivity index (χ0n) is 18.4. The van der Waals surface area contributed by atoms with Crippen LogP contribution in [0.5, 0.6) is 17.2 Å². The summed E-state index contributed by atoms with van der Waals surface area (Å²) in [6.07, 6.45) is 7.51. The van der Waals surface area contributed by atoms with Gasteiger partial charge in [0.05, 0.1) is 31.2 Å². The van der Waals surface area contributed by atoms with Gasteiger partial charge in [0.2, 0.25) is 0 Å². The average molecular weight is 434 g/mol. The van der Waals surface area contributed by atoms with Crippen LogP contribution in [-0.4, -0.2) is 46.7 Å². The molecule has 4 heterocycles. The van der Waals surface area contributed by atoms with Crippen LogP contribution >= 0.6 is 0 Å². The predicted molar refractivity (Wildman–Crippen MR) is 121 cm³/mol. The van der Waals surface area contributed by atoms with Crippen molar-refractivity contribution in [3.05, 3.63) is 59.7 Å². The first-order valence-electron chi connectivity index (χ1n) is 10.9. The molecule has 166 valence electrons. The molecular formula is C24H27N5O3. The highest BCUT2D eigenvalue weighted by molar-refractivity contribution is 5.54. The molecule has 5 rings (SSSR count). The second-order valence-corrected chi connectivity index (χ2v) is 8.06. The fourth-order valence-corrected chi connectivity index (χ4v) is 4.33. The number of hydrogen-bond donors (Lipinski definition) is 1. The summed E-state index contributed by atoms with van der Waals surface area (Å²) in [6.45, 7) is 4.87. The molecule has 0 radical (unpaired) electrons. The molecule has 0 amide bonds. The Bertz CT molecular complexity index is 1110. The van der Waals surface area contributed by atoms with Crippen LogP contribution in [0.1, 0.15) is 35.7 Å². The molecule has 0 spiro atoms. The van der Waals surface area contributed by atoms with Gasteiger partial charge in [0, 0.05) is 24.4 Å². The monoisotopic (exact) mass is 433 g/mol. The first kappa shape index (κ1) is 20.5. The molecule has 2 aliphatic heterocycles. The molecule has 1 saturated heterocycles. The Kier molecular flexibility index (Phi) is 5.77. The Morgan fingerprint density at radius 3 is 2.84 bits per heavy atom. The van der Waals surface area contributed by atoms with Crippen molar-refractivity contribution in [2.75, 3.05) is 32.2 Å². The smallest absolute Gasteiger partial charge is 0.165 e. The molecule has 1 atom stereocenters. The van der Waals surface area contributed by atoms with Crippen molar-refractivity contribution in [1.82, 2.24) is 19.9 Å². The Morgan fingerprint density at radius 2 is 2.03 bits per heavy atom. The fourth-order valence-electron chi connectivity index (χ4n) is 4.33. The molecular weight excluding hydrogens is 406 g/mol. The van der Waals surface area contributed by atoms with Crippen molar-refractivity contribution in [2.24, 2.45) is 0 Å². The van der Waals surface area contributed by atoms with E-state index in [4.69, 9.17) is 19.2 Å². The molecule has 8 nitrogen and oxygen atoms in total. The molecule has 32 heavy (non-hydrogen) atoms. The number of aromatic nitrogens is 3. The van der Waals surface area contributed by atoms with Gasteiger partial charge in [-0.1, -0.05) is 6.07 Å². The van der Waals surface area contributed by atoms with Crippen molar-refractivity contribution in [3.63, 3.8) is 0 Å². The third kappa shape index (κ3) is 4.18. The lowest BCUT2D eigenvalue weighted by Crippen LogP contribution is -2.24. The van der Waals surface area contributed by atoms with E-state index in [0.717, 1.165) is 65.8 Å². The normalized spacial score (nSPS) is 17.9. The van der Waals surface area contributed by atoms with E-state index in [0.29, 0.717) is 19.0 Å². The lowest BCUT2D eigenvalue weighted by atomic mass is 10.1. The fraction of sp³-hybridized carbons (Fsp3) is 0.375. The van der Waals surface area contributed by atoms with Crippen LogP contribution in [0, 0.1) is 6.92 Å². The summed E-state index contributed by atoms with van der Waals surface area (Å²) in [5.41, 5.74) is 3.10. The number of pyridine rings is 1. The molecule has 0 saturated carbocycles. The standard InChI is InChI=1S/C24H27N5O3/c1-16-5-3-7-26-24(16)28-23-14-25-13-18(27-23)19-6-4-8-29(19)15-17-11-21-22(12-20(17)30-2)32-10-9-31-21/h3,5,7,11-14,19H,4,6,8-10,15H2,1-2H3,(H,26,27,28)/t19-/m0/s1. The van der Waals surface area contributed by atoms with E-state index in [1.54, 1.807) is 19.5 Å². The van der Waals surface area contributed by atoms with Crippen LogP contribution in [0.15, 0.2) is 42.9 Å². The number of benzene rings is 1. The van der Waals surface area contributed by atoms with Gasteiger partial charge >= 0.3 is 0 Å². The minimum Gasteiger partial charge on any atom is -0.496 e. The molecule has 0 unspecified atom stereocenters. The third-order valence-electron chi connectivity index (χ3n) is 5.93. The molecule has 2 aromatic heterocycles. The summed E-state index contributed by atoms with van der Waals surface area (Å²) >= 11 is 0. The van der Waals surface area contributed by atoms with E-state index in [1.165, 1.54) is 0 Å². The highest BCUT2D eigenvalue weighted by Gasteiger charge is 2.29. The van der Waals surface area contributed by atoms with Gasteiger partial charge in [-0.25, -0.2) is 9.97 Å². The zero-order valence-corrected chi connectivity index (χ0v) is 18.4. The maximum Gasteiger partial charge on any atom is 0.165 e. The minimum absolute atomic E-state index is 0.187. The highest BCUT2D eigenvalue weighted by atomic mass is 16.6. The number of rotatable bonds is 6. The lowest BCUT2D eigenvalue weighted by Gasteiger charge is -2.26. The maximum absolute atomic E-state index is 5.79. The van der Waals surface area contributed by atoms with Crippen LogP contribution in [-0.2, 0) is 6.54 Å². The van der Waals surface area contributed by atoms with E-state index in [-0.39, 0.29) is 6.04 Å². The van der Waals surface area contributed by atoms with Crippen molar-refractivity contribution in [1.29, 1.82) is 0 Å². The van der Waals surface area contributed by atoms with E-state index in [2.05, 4.69) is 20.2 Å². The summed E-state index contributed by atoms with van der Waals surface area (Å²) < 4.78 is 17.1. The van der Waals surface area contributed by atoms with E-state index in [1.807, 2.05) is 37.4 Å². The number of nitrogens with one attached hydrogen (secondary N) is 1. The van der Waals surface area contributed by atoms with Crippen LogP contribution in [0.2, 0.25) is 0 Å². The van der Waals surface area contributed by atoms with Gasteiger partial charge in [-0.2, -0.15) is 0 Å². The number of ether oxygens (including phenoxy) is 3. The molecule has 1 N–H and O–H groups in total. The number of anilines is 2. The number of aryl methyl sites for hydroxylation is 1. The Hall–Kier alpha value is -3.39. The Morgan fingerprint density at radius 1 is 1.19 bits per heavy atom. The summed E-state index contributed by atoms with van der Waals surface area (Å²) in [5, 5.41) is 3.30. The number of likely N-dealkylation sites (tertiary alicyclic amines) is 1. The van der Waals surface area contributed by atoms with Gasteiger partial charge in [-0.05, 0) is 44.0 Å². The largest absolute Gasteiger partial charge is 0.496 e. The van der Waals surface area contributed by atoms with Crippen LogP contribution in [0.25, 0.3) is 0 Å². The molecule has 1 aromatic carbocycles. The quantitative estimate of drug-likeness (QED) is 0.624. The molecule has 8 heteroatoms. The van der Waals surface area contributed by atoms with Gasteiger partial charge in [0.1, 0.15) is 30.6 Å². The van der Waals surface area contributed by atoms with E-state index < -0.39 is 0 Å². The zero-order chi connectivity index (χ0) is 21.9. The van der Waals surface area contributed by atoms with Crippen molar-refractivity contribution in [3.8, 4) is 17.2 Å². The Balaban J connectivity index is 1.37. The summed E-state index contributed by atoms with van der Waals surface area (Å²) in [7, 11) is 1.69. The second kappa shape index (κ2) is 9.00. The van der Waals surface area contributed by atoms with Gasteiger partial charge in [-0.15, -0.1) is 0 Å². The van der Waals surface area contributed by atoms with Gasteiger partial charge < -0.3 is 19.5 Å². The van der Waals surface area contributed by atoms with Crippen molar-refractivity contribution < 1.29 is 14.2 Å². The minimum atomic E-state index is 0.187. The lowest BCUT2D eigenvalue weighted by molar-refractivity contribution is 0.169. The van der Waals surface area contributed by atoms with Gasteiger partial charge in [0.25, 0.3) is 0 Å². The average Bonchev–Trinajstić information content (AvgIpc) is 3.28. The molecule has 0 bridgehead atoms. The van der Waals surface area contributed by atoms with Crippen molar-refractivity contribution >= 4 is 11.6 Å². The topological polar surface area (TPSA) is 81.6 Å². The van der Waals surface area contributed by atoms with Gasteiger partial charge in [0.15, 0.2) is 11.5 Å². The predicted octanol–water partition coefficient (Wildman–Crippen LogP) is 4.04. The SMILES string of the molecule is COc1cc2c(cc1CN1CCC[C@H]1c1cncc(Nc3ncccc3C)n1)OCCO2. The van der Waals surface area contributed by atoms with Crippen LogP contribution in [0.3, 0.4) is 0 Å². The Labute approximate surface area is 187 Å². The van der Waals surface area contributed by atoms with Gasteiger partial charge in [-0.3, -0.25) is 9.88 Å². The summed E-state index contributed by atoms with van der Waals surface area (Å²) in [6, 6.07) is 8.09. The number of methoxy groups -OCH3 is 1. The summed E-state index contributed by atoms with van der Waals surface area (Å²) in [5.74, 6) is 3.83. The molecule has 0 aliphatic carbocycles. The molecule has 1 fully saturated rings. The van der Waals surface area contributed by atoms with E-state index >= 15 is 0 Å². The number of fused-ring (bicyclic) bond motifs is 1. The third-order valence-corrected chi connectivity index (χ3v) is 5.93. The van der Waals surface area contributed by atoms with Crippen molar-refractivity contribution in [2.45, 2.75) is 32.4 Å². The molecule has 2 aliphatic rings. The number of hydrogen-bond acceptors (Lipinski definition) is 8. The first-order valence-corrected chi connectivity index (χ1v) is 10.9. The maximum atomic E-state index is 5.79. The first-order chi connectivity index (χ1) is 15.7. The highest BCUT2D eigenvalue weighted by Crippen LogP contribution is 2.39.